The Labute approximate surface area is 148 Å². The maximum absolute atomic E-state index is 13.1. The summed E-state index contributed by atoms with van der Waals surface area (Å²) in [6.45, 7) is 4.13. The van der Waals surface area contributed by atoms with E-state index in [1.807, 2.05) is 54.3 Å². The average Bonchev–Trinajstić information content (AvgIpc) is 2.68. The number of rotatable bonds is 4. The second kappa shape index (κ2) is 7.96. The van der Waals surface area contributed by atoms with Crippen LogP contribution < -0.4 is 0 Å². The van der Waals surface area contributed by atoms with Crippen LogP contribution in [0.5, 0.6) is 0 Å². The number of nitriles is 1. The van der Waals surface area contributed by atoms with Crippen LogP contribution in [0.4, 0.5) is 0 Å². The van der Waals surface area contributed by atoms with Crippen LogP contribution in [0.2, 0.25) is 0 Å². The van der Waals surface area contributed by atoms with Gasteiger partial charge < -0.3 is 9.64 Å². The van der Waals surface area contributed by atoms with Crippen LogP contribution in [-0.2, 0) is 4.74 Å². The van der Waals surface area contributed by atoms with Gasteiger partial charge in [-0.25, -0.2) is 0 Å². The normalized spacial score (nSPS) is 15.0. The summed E-state index contributed by atoms with van der Waals surface area (Å²) in [5.74, 6) is 0.0262. The third-order valence-corrected chi connectivity index (χ3v) is 4.63. The quantitative estimate of drug-likeness (QED) is 0.853. The van der Waals surface area contributed by atoms with Crippen LogP contribution in [0.25, 0.3) is 11.1 Å². The summed E-state index contributed by atoms with van der Waals surface area (Å²) in [5.41, 5.74) is 2.85. The summed E-state index contributed by atoms with van der Waals surface area (Å²) in [6.07, 6.45) is 2.00. The Kier molecular flexibility index (Phi) is 5.47. The van der Waals surface area contributed by atoms with Crippen molar-refractivity contribution < 1.29 is 9.53 Å². The number of nitrogens with zero attached hydrogens (tertiary/aromatic N) is 2. The molecular weight excluding hydrogens is 312 g/mol. The highest BCUT2D eigenvalue weighted by atomic mass is 16.5. The lowest BCUT2D eigenvalue weighted by Crippen LogP contribution is -2.41. The van der Waals surface area contributed by atoms with Crippen LogP contribution in [-0.4, -0.2) is 36.6 Å². The van der Waals surface area contributed by atoms with Crippen molar-refractivity contribution in [2.75, 3.05) is 19.7 Å². The fourth-order valence-corrected chi connectivity index (χ4v) is 3.35. The van der Waals surface area contributed by atoms with Crippen molar-refractivity contribution in [3.63, 3.8) is 0 Å². The fourth-order valence-electron chi connectivity index (χ4n) is 3.35. The van der Waals surface area contributed by atoms with Crippen LogP contribution in [0.15, 0.2) is 48.5 Å². The molecule has 2 aromatic rings. The maximum Gasteiger partial charge on any atom is 0.254 e. The van der Waals surface area contributed by atoms with Gasteiger partial charge in [-0.2, -0.15) is 5.26 Å². The monoisotopic (exact) mass is 334 g/mol. The van der Waals surface area contributed by atoms with E-state index in [4.69, 9.17) is 4.74 Å². The molecule has 1 amide bonds. The molecule has 128 valence electrons. The number of likely N-dealkylation sites (tertiary alicyclic amines) is 1. The molecule has 0 aromatic heterocycles. The molecule has 0 aliphatic carbocycles. The minimum Gasteiger partial charge on any atom is -0.378 e. The zero-order chi connectivity index (χ0) is 17.6. The first-order valence-electron chi connectivity index (χ1n) is 8.74. The van der Waals surface area contributed by atoms with Crippen LogP contribution >= 0.6 is 0 Å². The largest absolute Gasteiger partial charge is 0.378 e. The Morgan fingerprint density at radius 3 is 2.44 bits per heavy atom. The molecule has 0 atom stereocenters. The van der Waals surface area contributed by atoms with E-state index in [1.165, 1.54) is 0 Å². The van der Waals surface area contributed by atoms with Gasteiger partial charge in [0.15, 0.2) is 0 Å². The Bertz CT molecular complexity index is 786. The summed E-state index contributed by atoms with van der Waals surface area (Å²) in [5, 5.41) is 9.38. The SMILES string of the molecule is CCOC1CCN(C(=O)c2ccccc2-c2ccccc2C#N)CC1. The van der Waals surface area contributed by atoms with Crippen LogP contribution in [0.3, 0.4) is 0 Å². The molecule has 0 N–H and O–H groups in total. The molecule has 1 fully saturated rings. The van der Waals surface area contributed by atoms with E-state index in [0.29, 0.717) is 30.8 Å². The third kappa shape index (κ3) is 3.72. The Morgan fingerprint density at radius 2 is 1.76 bits per heavy atom. The van der Waals surface area contributed by atoms with E-state index in [9.17, 15) is 10.1 Å². The van der Waals surface area contributed by atoms with Gasteiger partial charge in [0, 0.05) is 30.8 Å². The van der Waals surface area contributed by atoms with Gasteiger partial charge in [-0.3, -0.25) is 4.79 Å². The molecule has 1 aliphatic rings. The van der Waals surface area contributed by atoms with Crippen molar-refractivity contribution in [2.24, 2.45) is 0 Å². The topological polar surface area (TPSA) is 53.3 Å². The van der Waals surface area contributed by atoms with Crippen LogP contribution in [0, 0.1) is 11.3 Å². The Morgan fingerprint density at radius 1 is 1.12 bits per heavy atom. The summed E-state index contributed by atoms with van der Waals surface area (Å²) < 4.78 is 5.67. The minimum absolute atomic E-state index is 0.0262. The fraction of sp³-hybridized carbons (Fsp3) is 0.333. The first-order valence-corrected chi connectivity index (χ1v) is 8.74. The predicted molar refractivity (Wildman–Crippen MR) is 97.1 cm³/mol. The van der Waals surface area contributed by atoms with Gasteiger partial charge in [-0.15, -0.1) is 0 Å². The lowest BCUT2D eigenvalue weighted by Gasteiger charge is -2.32. The zero-order valence-electron chi connectivity index (χ0n) is 14.4. The van der Waals surface area contributed by atoms with Gasteiger partial charge in [0.25, 0.3) is 5.91 Å². The molecule has 0 spiro atoms. The molecule has 3 rings (SSSR count). The van der Waals surface area contributed by atoms with Gasteiger partial charge in [0.05, 0.1) is 17.7 Å². The minimum atomic E-state index is 0.0262. The molecule has 1 aliphatic heterocycles. The second-order valence-electron chi connectivity index (χ2n) is 6.15. The summed E-state index contributed by atoms with van der Waals surface area (Å²) in [7, 11) is 0. The first kappa shape index (κ1) is 17.2. The van der Waals surface area contributed by atoms with Crippen molar-refractivity contribution in [3.05, 3.63) is 59.7 Å². The summed E-state index contributed by atoms with van der Waals surface area (Å²) in [6, 6.07) is 17.2. The van der Waals surface area contributed by atoms with Crippen molar-refractivity contribution in [1.82, 2.24) is 4.90 Å². The van der Waals surface area contributed by atoms with E-state index in [2.05, 4.69) is 6.07 Å². The highest BCUT2D eigenvalue weighted by Gasteiger charge is 2.25. The number of benzene rings is 2. The lowest BCUT2D eigenvalue weighted by atomic mass is 9.94. The summed E-state index contributed by atoms with van der Waals surface area (Å²) >= 11 is 0. The van der Waals surface area contributed by atoms with Gasteiger partial charge in [-0.1, -0.05) is 36.4 Å². The molecular formula is C21H22N2O2. The van der Waals surface area contributed by atoms with Crippen molar-refractivity contribution in [1.29, 1.82) is 5.26 Å². The molecule has 4 nitrogen and oxygen atoms in total. The number of hydrogen-bond acceptors (Lipinski definition) is 3. The van der Waals surface area contributed by atoms with E-state index in [-0.39, 0.29) is 12.0 Å². The maximum atomic E-state index is 13.1. The molecule has 0 radical (unpaired) electrons. The Hall–Kier alpha value is -2.64. The van der Waals surface area contributed by atoms with Crippen molar-refractivity contribution in [3.8, 4) is 17.2 Å². The molecule has 2 aromatic carbocycles. The standard InChI is InChI=1S/C21H22N2O2/c1-2-25-17-11-13-23(14-12-17)21(24)20-10-6-5-9-19(20)18-8-4-3-7-16(18)15-22/h3-10,17H,2,11-14H2,1H3. The lowest BCUT2D eigenvalue weighted by molar-refractivity contribution is 0.0146. The number of carbonyl (C=O) groups is 1. The summed E-state index contributed by atoms with van der Waals surface area (Å²) in [4.78, 5) is 15.0. The van der Waals surface area contributed by atoms with Gasteiger partial charge >= 0.3 is 0 Å². The zero-order valence-corrected chi connectivity index (χ0v) is 14.4. The highest BCUT2D eigenvalue weighted by molar-refractivity contribution is 6.01. The smallest absolute Gasteiger partial charge is 0.254 e. The molecule has 0 saturated carbocycles. The van der Waals surface area contributed by atoms with E-state index in [1.54, 1.807) is 6.07 Å². The molecule has 1 heterocycles. The molecule has 1 saturated heterocycles. The van der Waals surface area contributed by atoms with Gasteiger partial charge in [0.1, 0.15) is 0 Å². The first-order chi connectivity index (χ1) is 12.2. The van der Waals surface area contributed by atoms with Crippen molar-refractivity contribution >= 4 is 5.91 Å². The van der Waals surface area contributed by atoms with Crippen LogP contribution in [0.1, 0.15) is 35.7 Å². The molecule has 25 heavy (non-hydrogen) atoms. The average molecular weight is 334 g/mol. The van der Waals surface area contributed by atoms with E-state index >= 15 is 0 Å². The number of ether oxygens (including phenoxy) is 1. The second-order valence-corrected chi connectivity index (χ2v) is 6.15. The number of piperidine rings is 1. The molecule has 0 unspecified atom stereocenters. The Balaban J connectivity index is 1.87. The molecule has 0 bridgehead atoms. The molecule has 4 heteroatoms. The van der Waals surface area contributed by atoms with E-state index < -0.39 is 0 Å². The third-order valence-electron chi connectivity index (χ3n) is 4.63. The number of amides is 1. The van der Waals surface area contributed by atoms with Crippen molar-refractivity contribution in [2.45, 2.75) is 25.9 Å². The highest BCUT2D eigenvalue weighted by Crippen LogP contribution is 2.28. The van der Waals surface area contributed by atoms with Gasteiger partial charge in [-0.05, 0) is 37.5 Å². The van der Waals surface area contributed by atoms with Gasteiger partial charge in [0.2, 0.25) is 0 Å². The predicted octanol–water partition coefficient (Wildman–Crippen LogP) is 3.87. The number of hydrogen-bond donors (Lipinski definition) is 0. The van der Waals surface area contributed by atoms with E-state index in [0.717, 1.165) is 24.0 Å². The number of carbonyl (C=O) groups excluding carboxylic acids is 1.